The van der Waals surface area contributed by atoms with E-state index in [2.05, 4.69) is 17.5 Å². The molecule has 2 aromatic rings. The van der Waals surface area contributed by atoms with E-state index in [1.807, 2.05) is 24.3 Å². The van der Waals surface area contributed by atoms with Crippen LogP contribution in [-0.2, 0) is 0 Å². The SMILES string of the molecule is CCCOc1ccc(C=NNC(=O)c2ccc(Cl)c(Cl)c2)cc1. The molecule has 0 atom stereocenters. The fraction of sp³-hybridized carbons (Fsp3) is 0.176. The Kier molecular flexibility index (Phi) is 6.44. The summed E-state index contributed by atoms with van der Waals surface area (Å²) in [6.07, 6.45) is 2.52. The number of hydrogen-bond acceptors (Lipinski definition) is 3. The van der Waals surface area contributed by atoms with E-state index in [-0.39, 0.29) is 5.91 Å². The lowest BCUT2D eigenvalue weighted by Crippen LogP contribution is -2.17. The molecule has 0 radical (unpaired) electrons. The van der Waals surface area contributed by atoms with Crippen molar-refractivity contribution >= 4 is 35.3 Å². The number of carbonyl (C=O) groups excluding carboxylic acids is 1. The summed E-state index contributed by atoms with van der Waals surface area (Å²) in [4.78, 5) is 11.9. The molecule has 2 aromatic carbocycles. The zero-order chi connectivity index (χ0) is 16.7. The molecule has 0 spiro atoms. The third-order valence-corrected chi connectivity index (χ3v) is 3.65. The van der Waals surface area contributed by atoms with Crippen LogP contribution in [0.25, 0.3) is 0 Å². The van der Waals surface area contributed by atoms with Crippen LogP contribution in [0.1, 0.15) is 29.3 Å². The van der Waals surface area contributed by atoms with Crippen molar-refractivity contribution in [3.8, 4) is 5.75 Å². The fourth-order valence-corrected chi connectivity index (χ4v) is 2.04. The first-order valence-electron chi connectivity index (χ1n) is 7.11. The van der Waals surface area contributed by atoms with Gasteiger partial charge < -0.3 is 4.74 Å². The number of carbonyl (C=O) groups is 1. The normalized spacial score (nSPS) is 10.7. The van der Waals surface area contributed by atoms with E-state index in [0.29, 0.717) is 22.2 Å². The predicted molar refractivity (Wildman–Crippen MR) is 93.8 cm³/mol. The van der Waals surface area contributed by atoms with E-state index in [9.17, 15) is 4.79 Å². The van der Waals surface area contributed by atoms with Gasteiger partial charge in [0.15, 0.2) is 0 Å². The molecule has 0 aliphatic carbocycles. The Bertz CT molecular complexity index is 700. The standard InChI is InChI=1S/C17H16Cl2N2O2/c1-2-9-23-14-6-3-12(4-7-14)11-20-21-17(22)13-5-8-15(18)16(19)10-13/h3-8,10-11H,2,9H2,1H3,(H,21,22). The Morgan fingerprint density at radius 2 is 1.91 bits per heavy atom. The van der Waals surface area contributed by atoms with Gasteiger partial charge in [-0.1, -0.05) is 30.1 Å². The summed E-state index contributed by atoms with van der Waals surface area (Å²) in [7, 11) is 0. The van der Waals surface area contributed by atoms with Gasteiger partial charge in [-0.15, -0.1) is 0 Å². The largest absolute Gasteiger partial charge is 0.494 e. The fourth-order valence-electron chi connectivity index (χ4n) is 1.74. The number of amides is 1. The molecular weight excluding hydrogens is 335 g/mol. The first kappa shape index (κ1) is 17.3. The molecule has 4 nitrogen and oxygen atoms in total. The minimum atomic E-state index is -0.359. The highest BCUT2D eigenvalue weighted by molar-refractivity contribution is 6.42. The topological polar surface area (TPSA) is 50.7 Å². The number of rotatable bonds is 6. The van der Waals surface area contributed by atoms with Gasteiger partial charge in [-0.25, -0.2) is 5.43 Å². The summed E-state index contributed by atoms with van der Waals surface area (Å²) in [6.45, 7) is 2.74. The monoisotopic (exact) mass is 350 g/mol. The van der Waals surface area contributed by atoms with Crippen LogP contribution in [-0.4, -0.2) is 18.7 Å². The van der Waals surface area contributed by atoms with E-state index < -0.39 is 0 Å². The van der Waals surface area contributed by atoms with Gasteiger partial charge >= 0.3 is 0 Å². The van der Waals surface area contributed by atoms with Gasteiger partial charge in [0.1, 0.15) is 5.75 Å². The predicted octanol–water partition coefficient (Wildman–Crippen LogP) is 4.55. The average molecular weight is 351 g/mol. The summed E-state index contributed by atoms with van der Waals surface area (Å²) < 4.78 is 5.49. The maximum atomic E-state index is 11.9. The van der Waals surface area contributed by atoms with Crippen LogP contribution in [0.5, 0.6) is 5.75 Å². The maximum Gasteiger partial charge on any atom is 0.271 e. The highest BCUT2D eigenvalue weighted by Gasteiger charge is 2.06. The molecule has 0 saturated carbocycles. The van der Waals surface area contributed by atoms with E-state index in [1.165, 1.54) is 6.07 Å². The first-order chi connectivity index (χ1) is 11.1. The zero-order valence-corrected chi connectivity index (χ0v) is 14.1. The molecule has 0 bridgehead atoms. The van der Waals surface area contributed by atoms with Crippen LogP contribution < -0.4 is 10.2 Å². The number of nitrogens with one attached hydrogen (secondary N) is 1. The van der Waals surface area contributed by atoms with Crippen molar-refractivity contribution in [3.63, 3.8) is 0 Å². The lowest BCUT2D eigenvalue weighted by molar-refractivity contribution is 0.0955. The Balaban J connectivity index is 1.92. The van der Waals surface area contributed by atoms with Gasteiger partial charge in [-0.05, 0) is 54.4 Å². The van der Waals surface area contributed by atoms with Crippen molar-refractivity contribution in [1.82, 2.24) is 5.43 Å². The quantitative estimate of drug-likeness (QED) is 0.613. The zero-order valence-electron chi connectivity index (χ0n) is 12.6. The summed E-state index contributed by atoms with van der Waals surface area (Å²) >= 11 is 11.7. The van der Waals surface area contributed by atoms with Crippen molar-refractivity contribution in [2.24, 2.45) is 5.10 Å². The summed E-state index contributed by atoms with van der Waals surface area (Å²) in [5.74, 6) is 0.451. The molecular formula is C17H16Cl2N2O2. The molecule has 0 aliphatic rings. The van der Waals surface area contributed by atoms with Crippen LogP contribution in [0, 0.1) is 0 Å². The minimum Gasteiger partial charge on any atom is -0.494 e. The number of hydrogen-bond donors (Lipinski definition) is 1. The number of ether oxygens (including phenoxy) is 1. The molecule has 23 heavy (non-hydrogen) atoms. The molecule has 0 aliphatic heterocycles. The first-order valence-corrected chi connectivity index (χ1v) is 7.87. The molecule has 1 N–H and O–H groups in total. The van der Waals surface area contributed by atoms with E-state index in [0.717, 1.165) is 17.7 Å². The van der Waals surface area contributed by atoms with Crippen LogP contribution in [0.2, 0.25) is 10.0 Å². The van der Waals surface area contributed by atoms with Crippen molar-refractivity contribution in [3.05, 3.63) is 63.6 Å². The van der Waals surface area contributed by atoms with Gasteiger partial charge in [0.05, 0.1) is 22.9 Å². The number of nitrogens with zero attached hydrogens (tertiary/aromatic N) is 1. The second kappa shape index (κ2) is 8.56. The second-order valence-electron chi connectivity index (χ2n) is 4.75. The lowest BCUT2D eigenvalue weighted by Gasteiger charge is -2.04. The molecule has 0 heterocycles. The number of benzene rings is 2. The highest BCUT2D eigenvalue weighted by atomic mass is 35.5. The molecule has 0 fully saturated rings. The van der Waals surface area contributed by atoms with E-state index >= 15 is 0 Å². The third-order valence-electron chi connectivity index (χ3n) is 2.91. The van der Waals surface area contributed by atoms with Crippen molar-refractivity contribution in [2.45, 2.75) is 13.3 Å². The lowest BCUT2D eigenvalue weighted by atomic mass is 10.2. The molecule has 6 heteroatoms. The third kappa shape index (κ3) is 5.27. The van der Waals surface area contributed by atoms with Crippen molar-refractivity contribution < 1.29 is 9.53 Å². The van der Waals surface area contributed by atoms with Crippen LogP contribution >= 0.6 is 23.2 Å². The Morgan fingerprint density at radius 3 is 2.57 bits per heavy atom. The van der Waals surface area contributed by atoms with Crippen LogP contribution in [0.3, 0.4) is 0 Å². The Hall–Kier alpha value is -2.04. The van der Waals surface area contributed by atoms with Gasteiger partial charge in [-0.2, -0.15) is 5.10 Å². The van der Waals surface area contributed by atoms with Crippen LogP contribution in [0.15, 0.2) is 47.6 Å². The summed E-state index contributed by atoms with van der Waals surface area (Å²) in [5.41, 5.74) is 3.68. The molecule has 0 saturated heterocycles. The smallest absolute Gasteiger partial charge is 0.271 e. The minimum absolute atomic E-state index is 0.325. The molecule has 2 rings (SSSR count). The Labute approximate surface area is 145 Å². The average Bonchev–Trinajstić information content (AvgIpc) is 2.56. The Morgan fingerprint density at radius 1 is 1.17 bits per heavy atom. The molecule has 120 valence electrons. The highest BCUT2D eigenvalue weighted by Crippen LogP contribution is 2.22. The molecule has 0 aromatic heterocycles. The van der Waals surface area contributed by atoms with Gasteiger partial charge in [0, 0.05) is 5.56 Å². The molecule has 1 amide bonds. The van der Waals surface area contributed by atoms with E-state index in [1.54, 1.807) is 18.3 Å². The van der Waals surface area contributed by atoms with Crippen molar-refractivity contribution in [2.75, 3.05) is 6.61 Å². The van der Waals surface area contributed by atoms with Gasteiger partial charge in [0.2, 0.25) is 0 Å². The maximum absolute atomic E-state index is 11.9. The summed E-state index contributed by atoms with van der Waals surface area (Å²) in [6, 6.07) is 12.1. The van der Waals surface area contributed by atoms with Gasteiger partial charge in [0.25, 0.3) is 5.91 Å². The van der Waals surface area contributed by atoms with Gasteiger partial charge in [-0.3, -0.25) is 4.79 Å². The summed E-state index contributed by atoms with van der Waals surface area (Å²) in [5, 5.41) is 4.65. The van der Waals surface area contributed by atoms with E-state index in [4.69, 9.17) is 27.9 Å². The van der Waals surface area contributed by atoms with Crippen LogP contribution in [0.4, 0.5) is 0 Å². The number of halogens is 2. The van der Waals surface area contributed by atoms with Crippen molar-refractivity contribution in [1.29, 1.82) is 0 Å². The number of hydrazone groups is 1. The molecule has 0 unspecified atom stereocenters. The second-order valence-corrected chi connectivity index (χ2v) is 5.56.